The van der Waals surface area contributed by atoms with Gasteiger partial charge in [-0.1, -0.05) is 12.1 Å². The van der Waals surface area contributed by atoms with Crippen LogP contribution in [0.1, 0.15) is 0 Å². The fraction of sp³-hybridized carbons (Fsp3) is 0.0588. The minimum atomic E-state index is -4.02. The van der Waals surface area contributed by atoms with Crippen LogP contribution in [0.4, 0.5) is 5.69 Å². The van der Waals surface area contributed by atoms with E-state index in [2.05, 4.69) is 19.4 Å². The van der Waals surface area contributed by atoms with Gasteiger partial charge in [0, 0.05) is 18.5 Å². The Bertz CT molecular complexity index is 1180. The van der Waals surface area contributed by atoms with Crippen molar-refractivity contribution in [2.24, 2.45) is 0 Å². The van der Waals surface area contributed by atoms with E-state index in [0.717, 1.165) is 6.07 Å². The van der Waals surface area contributed by atoms with Crippen LogP contribution in [-0.4, -0.2) is 33.9 Å². The summed E-state index contributed by atoms with van der Waals surface area (Å²) in [6.07, 6.45) is 4.39. The number of nitrogens with zero attached hydrogens (tertiary/aromatic N) is 2. The zero-order valence-electron chi connectivity index (χ0n) is 14.6. The SMILES string of the molecule is CNS(=O)(=O)c1cccc(S(=O)(=O)Nc2cccc(Oc3cnccn3)c2)c1. The van der Waals surface area contributed by atoms with Crippen molar-refractivity contribution >= 4 is 25.7 Å². The molecule has 2 aromatic carbocycles. The summed E-state index contributed by atoms with van der Waals surface area (Å²) < 4.78 is 59.2. The second-order valence-electron chi connectivity index (χ2n) is 5.46. The Balaban J connectivity index is 1.85. The number of nitrogens with one attached hydrogen (secondary N) is 2. The van der Waals surface area contributed by atoms with Crippen molar-refractivity contribution in [1.82, 2.24) is 14.7 Å². The van der Waals surface area contributed by atoms with Gasteiger partial charge < -0.3 is 4.74 Å². The highest BCUT2D eigenvalue weighted by Gasteiger charge is 2.19. The summed E-state index contributed by atoms with van der Waals surface area (Å²) in [6.45, 7) is 0. The van der Waals surface area contributed by atoms with Crippen LogP contribution < -0.4 is 14.2 Å². The first-order chi connectivity index (χ1) is 13.3. The van der Waals surface area contributed by atoms with Crippen LogP contribution in [0.25, 0.3) is 0 Å². The molecule has 2 N–H and O–H groups in total. The normalized spacial score (nSPS) is 11.8. The maximum Gasteiger partial charge on any atom is 0.261 e. The Labute approximate surface area is 162 Å². The molecule has 146 valence electrons. The number of sulfonamides is 2. The molecule has 0 radical (unpaired) electrons. The second kappa shape index (κ2) is 7.92. The van der Waals surface area contributed by atoms with Crippen LogP contribution in [0.3, 0.4) is 0 Å². The summed E-state index contributed by atoms with van der Waals surface area (Å²) >= 11 is 0. The molecule has 0 atom stereocenters. The second-order valence-corrected chi connectivity index (χ2v) is 9.03. The first-order valence-corrected chi connectivity index (χ1v) is 10.9. The van der Waals surface area contributed by atoms with E-state index in [9.17, 15) is 16.8 Å². The molecule has 1 heterocycles. The fourth-order valence-electron chi connectivity index (χ4n) is 2.22. The number of hydrogen-bond acceptors (Lipinski definition) is 7. The van der Waals surface area contributed by atoms with Crippen LogP contribution in [0, 0.1) is 0 Å². The minimum absolute atomic E-state index is 0.155. The quantitative estimate of drug-likeness (QED) is 0.598. The van der Waals surface area contributed by atoms with Gasteiger partial charge in [-0.3, -0.25) is 9.71 Å². The molecule has 0 aliphatic heterocycles. The molecule has 28 heavy (non-hydrogen) atoms. The largest absolute Gasteiger partial charge is 0.437 e. The van der Waals surface area contributed by atoms with Gasteiger partial charge in [-0.2, -0.15) is 0 Å². The van der Waals surface area contributed by atoms with E-state index in [1.54, 1.807) is 12.1 Å². The van der Waals surface area contributed by atoms with E-state index in [-0.39, 0.29) is 21.4 Å². The Morgan fingerprint density at radius 2 is 1.61 bits per heavy atom. The molecule has 0 aliphatic carbocycles. The Hall–Kier alpha value is -3.02. The summed E-state index contributed by atoms with van der Waals surface area (Å²) in [6, 6.07) is 11.3. The van der Waals surface area contributed by atoms with Crippen LogP contribution in [0.15, 0.2) is 76.9 Å². The molecule has 3 aromatic rings. The lowest BCUT2D eigenvalue weighted by molar-refractivity contribution is 0.460. The van der Waals surface area contributed by atoms with E-state index < -0.39 is 20.0 Å². The Kier molecular flexibility index (Phi) is 5.58. The molecule has 0 bridgehead atoms. The smallest absolute Gasteiger partial charge is 0.261 e. The average molecular weight is 420 g/mol. The van der Waals surface area contributed by atoms with Crippen molar-refractivity contribution < 1.29 is 21.6 Å². The maximum atomic E-state index is 12.6. The monoisotopic (exact) mass is 420 g/mol. The number of aromatic nitrogens is 2. The highest BCUT2D eigenvalue weighted by atomic mass is 32.2. The van der Waals surface area contributed by atoms with E-state index in [1.807, 2.05) is 0 Å². The molecule has 0 fully saturated rings. The number of ether oxygens (including phenoxy) is 1. The highest BCUT2D eigenvalue weighted by molar-refractivity contribution is 7.93. The van der Waals surface area contributed by atoms with Gasteiger partial charge in [0.05, 0.1) is 21.7 Å². The van der Waals surface area contributed by atoms with Crippen LogP contribution >= 0.6 is 0 Å². The Morgan fingerprint density at radius 1 is 0.893 bits per heavy atom. The lowest BCUT2D eigenvalue weighted by atomic mass is 10.3. The predicted octanol–water partition coefficient (Wildman–Crippen LogP) is 1.98. The van der Waals surface area contributed by atoms with Gasteiger partial charge in [-0.25, -0.2) is 26.5 Å². The first kappa shape index (κ1) is 19.7. The lowest BCUT2D eigenvalue weighted by Gasteiger charge is -2.11. The van der Waals surface area contributed by atoms with E-state index in [1.165, 1.54) is 56.0 Å². The van der Waals surface area contributed by atoms with Crippen molar-refractivity contribution in [2.45, 2.75) is 9.79 Å². The molecular weight excluding hydrogens is 404 g/mol. The molecule has 0 saturated heterocycles. The first-order valence-electron chi connectivity index (χ1n) is 7.90. The minimum Gasteiger partial charge on any atom is -0.437 e. The topological polar surface area (TPSA) is 127 Å². The predicted molar refractivity (Wildman–Crippen MR) is 102 cm³/mol. The van der Waals surface area contributed by atoms with Gasteiger partial charge in [0.1, 0.15) is 5.75 Å². The summed E-state index contributed by atoms with van der Waals surface area (Å²) in [5.74, 6) is 0.611. The molecule has 0 amide bonds. The molecule has 9 nitrogen and oxygen atoms in total. The molecule has 0 spiro atoms. The van der Waals surface area contributed by atoms with Crippen LogP contribution in [0.2, 0.25) is 0 Å². The molecule has 0 saturated carbocycles. The zero-order chi connectivity index (χ0) is 20.2. The van der Waals surface area contributed by atoms with Crippen molar-refractivity contribution in [3.63, 3.8) is 0 Å². The number of rotatable bonds is 7. The summed E-state index contributed by atoms with van der Waals surface area (Å²) in [5.41, 5.74) is 0.239. The molecule has 11 heteroatoms. The molecule has 0 aliphatic rings. The summed E-state index contributed by atoms with van der Waals surface area (Å²) in [4.78, 5) is 7.52. The number of hydrogen-bond donors (Lipinski definition) is 2. The van der Waals surface area contributed by atoms with E-state index in [4.69, 9.17) is 4.74 Å². The molecular formula is C17H16N4O5S2. The lowest BCUT2D eigenvalue weighted by Crippen LogP contribution is -2.19. The van der Waals surface area contributed by atoms with Crippen molar-refractivity contribution in [3.05, 3.63) is 67.1 Å². The van der Waals surface area contributed by atoms with Crippen molar-refractivity contribution in [2.75, 3.05) is 11.8 Å². The van der Waals surface area contributed by atoms with E-state index >= 15 is 0 Å². The third kappa shape index (κ3) is 4.63. The standard InChI is InChI=1S/C17H16N4O5S2/c1-18-27(22,23)15-6-3-7-16(11-15)28(24,25)21-13-4-2-5-14(10-13)26-17-12-19-8-9-20-17/h2-12,18,21H,1H3. The van der Waals surface area contributed by atoms with Crippen LogP contribution in [-0.2, 0) is 20.0 Å². The van der Waals surface area contributed by atoms with Gasteiger partial charge in [-0.15, -0.1) is 0 Å². The molecule has 3 rings (SSSR count). The van der Waals surface area contributed by atoms with Gasteiger partial charge in [0.25, 0.3) is 10.0 Å². The van der Waals surface area contributed by atoms with Gasteiger partial charge >= 0.3 is 0 Å². The van der Waals surface area contributed by atoms with Gasteiger partial charge in [-0.05, 0) is 37.4 Å². The average Bonchev–Trinajstić information content (AvgIpc) is 2.69. The zero-order valence-corrected chi connectivity index (χ0v) is 16.2. The summed E-state index contributed by atoms with van der Waals surface area (Å²) in [5, 5.41) is 0. The maximum absolute atomic E-state index is 12.6. The molecule has 0 unspecified atom stereocenters. The van der Waals surface area contributed by atoms with Gasteiger partial charge in [0.15, 0.2) is 0 Å². The Morgan fingerprint density at radius 3 is 2.29 bits per heavy atom. The number of benzene rings is 2. The third-order valence-corrected chi connectivity index (χ3v) is 6.33. The van der Waals surface area contributed by atoms with E-state index in [0.29, 0.717) is 5.75 Å². The third-order valence-electron chi connectivity index (χ3n) is 3.54. The summed E-state index contributed by atoms with van der Waals surface area (Å²) in [7, 11) is -6.54. The van der Waals surface area contributed by atoms with Crippen molar-refractivity contribution in [1.29, 1.82) is 0 Å². The van der Waals surface area contributed by atoms with Crippen molar-refractivity contribution in [3.8, 4) is 11.6 Å². The number of anilines is 1. The van der Waals surface area contributed by atoms with Gasteiger partial charge in [0.2, 0.25) is 15.9 Å². The molecule has 1 aromatic heterocycles. The fourth-order valence-corrected chi connectivity index (χ4v) is 4.17. The van der Waals surface area contributed by atoms with Crippen LogP contribution in [0.5, 0.6) is 11.6 Å². The highest BCUT2D eigenvalue weighted by Crippen LogP contribution is 2.24.